The summed E-state index contributed by atoms with van der Waals surface area (Å²) >= 11 is 0. The van der Waals surface area contributed by atoms with E-state index in [1.54, 1.807) is 24.3 Å². The lowest BCUT2D eigenvalue weighted by Crippen LogP contribution is -2.30. The number of hydrogen-bond acceptors (Lipinski definition) is 6. The Labute approximate surface area is 233 Å². The molecule has 0 aliphatic carbocycles. The van der Waals surface area contributed by atoms with Gasteiger partial charge in [-0.15, -0.1) is 0 Å². The first kappa shape index (κ1) is 34.1. The molecule has 218 valence electrons. The topological polar surface area (TPSA) is 59.1 Å². The number of benzene rings is 1. The van der Waals surface area contributed by atoms with Crippen LogP contribution in [0, 0.1) is 0 Å². The van der Waals surface area contributed by atoms with Crippen molar-refractivity contribution in [2.75, 3.05) is 39.6 Å². The molecule has 0 amide bonds. The number of ether oxygens (including phenoxy) is 2. The van der Waals surface area contributed by atoms with Crippen molar-refractivity contribution in [2.45, 2.75) is 118 Å². The first-order chi connectivity index (χ1) is 18.6. The van der Waals surface area contributed by atoms with Crippen molar-refractivity contribution in [3.8, 4) is 0 Å². The predicted molar refractivity (Wildman–Crippen MR) is 157 cm³/mol. The molecule has 6 nitrogen and oxygen atoms in total. The summed E-state index contributed by atoms with van der Waals surface area (Å²) in [5.41, 5.74) is 0.527. The van der Waals surface area contributed by atoms with Gasteiger partial charge < -0.3 is 9.47 Å². The van der Waals surface area contributed by atoms with E-state index in [0.29, 0.717) is 0 Å². The van der Waals surface area contributed by atoms with E-state index in [9.17, 15) is 9.59 Å². The zero-order valence-electron chi connectivity index (χ0n) is 25.0. The molecule has 0 unspecified atom stereocenters. The molecule has 0 saturated carbocycles. The lowest BCUT2D eigenvalue weighted by Gasteiger charge is -2.21. The maximum atomic E-state index is 12.9. The Kier molecular flexibility index (Phi) is 20.7. The highest BCUT2D eigenvalue weighted by Gasteiger charge is 2.20. The maximum absolute atomic E-state index is 12.9. The standard InChI is InChI=1S/C32H56N2O4/c1-5-9-11-13-15-17-21-25-33(7-3)27-37-31(35)29-23-19-20-24-30(29)32(36)38-28-34(8-4)26-22-18-16-14-12-10-6-2/h19-20,23-24H,5-18,21-22,25-28H2,1-4H3. The van der Waals surface area contributed by atoms with E-state index < -0.39 is 11.9 Å². The van der Waals surface area contributed by atoms with Gasteiger partial charge in [-0.2, -0.15) is 0 Å². The van der Waals surface area contributed by atoms with Crippen LogP contribution in [0.3, 0.4) is 0 Å². The van der Waals surface area contributed by atoms with Gasteiger partial charge in [0.05, 0.1) is 11.1 Å². The van der Waals surface area contributed by atoms with E-state index in [-0.39, 0.29) is 24.6 Å². The predicted octanol–water partition coefficient (Wildman–Crippen LogP) is 8.06. The number of hydrogen-bond donors (Lipinski definition) is 0. The Morgan fingerprint density at radius 3 is 1.24 bits per heavy atom. The third-order valence-corrected chi connectivity index (χ3v) is 7.17. The molecule has 0 aliphatic rings. The van der Waals surface area contributed by atoms with Crippen molar-refractivity contribution in [1.82, 2.24) is 9.80 Å². The summed E-state index contributed by atoms with van der Waals surface area (Å²) in [5.74, 6) is -0.961. The van der Waals surface area contributed by atoms with E-state index in [1.165, 1.54) is 77.0 Å². The van der Waals surface area contributed by atoms with Crippen LogP contribution in [0.5, 0.6) is 0 Å². The van der Waals surface area contributed by atoms with Gasteiger partial charge in [-0.25, -0.2) is 9.59 Å². The van der Waals surface area contributed by atoms with Crippen molar-refractivity contribution >= 4 is 11.9 Å². The second kappa shape index (κ2) is 23.0. The Morgan fingerprint density at radius 2 is 0.895 bits per heavy atom. The summed E-state index contributed by atoms with van der Waals surface area (Å²) in [6.45, 7) is 12.5. The molecule has 0 N–H and O–H groups in total. The van der Waals surface area contributed by atoms with Gasteiger partial charge in [-0.05, 0) is 38.1 Å². The third-order valence-electron chi connectivity index (χ3n) is 7.17. The fraction of sp³-hybridized carbons (Fsp3) is 0.750. The van der Waals surface area contributed by atoms with Crippen molar-refractivity contribution in [3.63, 3.8) is 0 Å². The third kappa shape index (κ3) is 15.5. The molecule has 0 fully saturated rings. The molecule has 0 radical (unpaired) electrons. The van der Waals surface area contributed by atoms with Crippen molar-refractivity contribution in [2.24, 2.45) is 0 Å². The highest BCUT2D eigenvalue weighted by molar-refractivity contribution is 6.03. The van der Waals surface area contributed by atoms with Gasteiger partial charge in [0.1, 0.15) is 13.5 Å². The smallest absolute Gasteiger partial charge is 0.340 e. The van der Waals surface area contributed by atoms with Gasteiger partial charge in [0, 0.05) is 13.1 Å². The Bertz CT molecular complexity index is 679. The molecule has 1 aromatic carbocycles. The Morgan fingerprint density at radius 1 is 0.553 bits per heavy atom. The van der Waals surface area contributed by atoms with Gasteiger partial charge in [-0.3, -0.25) is 9.80 Å². The molecule has 1 aromatic rings. The first-order valence-corrected chi connectivity index (χ1v) is 15.4. The summed E-state index contributed by atoms with van der Waals surface area (Å²) < 4.78 is 11.2. The average Bonchev–Trinajstić information content (AvgIpc) is 2.94. The molecule has 0 aromatic heterocycles. The van der Waals surface area contributed by atoms with Crippen LogP contribution >= 0.6 is 0 Å². The first-order valence-electron chi connectivity index (χ1n) is 15.4. The van der Waals surface area contributed by atoms with E-state index >= 15 is 0 Å². The second-order valence-corrected chi connectivity index (χ2v) is 10.3. The van der Waals surface area contributed by atoms with Crippen LogP contribution in [0.25, 0.3) is 0 Å². The van der Waals surface area contributed by atoms with Crippen molar-refractivity contribution in [1.29, 1.82) is 0 Å². The quantitative estimate of drug-likeness (QED) is 0.0762. The number of carbonyl (C=O) groups excluding carboxylic acids is 2. The molecule has 0 spiro atoms. The van der Waals surface area contributed by atoms with Crippen LogP contribution < -0.4 is 0 Å². The van der Waals surface area contributed by atoms with Crippen LogP contribution in [0.2, 0.25) is 0 Å². The minimum Gasteiger partial charge on any atom is -0.446 e. The maximum Gasteiger partial charge on any atom is 0.340 e. The number of unbranched alkanes of at least 4 members (excludes halogenated alkanes) is 12. The molecule has 0 atom stereocenters. The van der Waals surface area contributed by atoms with Crippen LogP contribution in [0.4, 0.5) is 0 Å². The van der Waals surface area contributed by atoms with E-state index in [4.69, 9.17) is 9.47 Å². The van der Waals surface area contributed by atoms with Gasteiger partial charge in [0.15, 0.2) is 0 Å². The number of rotatable bonds is 24. The molecule has 38 heavy (non-hydrogen) atoms. The van der Waals surface area contributed by atoms with Gasteiger partial charge in [0.25, 0.3) is 0 Å². The van der Waals surface area contributed by atoms with E-state index in [0.717, 1.165) is 39.0 Å². The molecular formula is C32H56N2O4. The number of nitrogens with zero attached hydrogens (tertiary/aromatic N) is 2. The Balaban J connectivity index is 2.45. The van der Waals surface area contributed by atoms with E-state index in [2.05, 4.69) is 37.5 Å². The normalized spacial score (nSPS) is 11.3. The molecule has 1 rings (SSSR count). The zero-order valence-corrected chi connectivity index (χ0v) is 25.0. The molecule has 0 saturated heterocycles. The minimum absolute atomic E-state index is 0.233. The van der Waals surface area contributed by atoms with Crippen LogP contribution in [0.1, 0.15) is 138 Å². The summed E-state index contributed by atoms with van der Waals surface area (Å²) in [6.07, 6.45) is 17.6. The van der Waals surface area contributed by atoms with Crippen LogP contribution in [-0.2, 0) is 9.47 Å². The molecule has 6 heteroatoms. The summed E-state index contributed by atoms with van der Waals surface area (Å²) in [6, 6.07) is 6.79. The van der Waals surface area contributed by atoms with Gasteiger partial charge in [-0.1, -0.05) is 117 Å². The van der Waals surface area contributed by atoms with Crippen LogP contribution in [-0.4, -0.2) is 61.4 Å². The monoisotopic (exact) mass is 532 g/mol. The highest BCUT2D eigenvalue weighted by Crippen LogP contribution is 2.14. The molecular weight excluding hydrogens is 476 g/mol. The highest BCUT2D eigenvalue weighted by atomic mass is 16.6. The minimum atomic E-state index is -0.481. The average molecular weight is 533 g/mol. The van der Waals surface area contributed by atoms with Crippen molar-refractivity contribution < 1.29 is 19.1 Å². The number of carbonyl (C=O) groups is 2. The molecule has 0 heterocycles. The Hall–Kier alpha value is -1.92. The summed E-state index contributed by atoms with van der Waals surface area (Å²) in [4.78, 5) is 30.0. The number of esters is 2. The second-order valence-electron chi connectivity index (χ2n) is 10.3. The lowest BCUT2D eigenvalue weighted by atomic mass is 10.1. The van der Waals surface area contributed by atoms with E-state index in [1.807, 2.05) is 0 Å². The fourth-order valence-electron chi connectivity index (χ4n) is 4.51. The summed E-state index contributed by atoms with van der Waals surface area (Å²) in [7, 11) is 0. The van der Waals surface area contributed by atoms with Crippen molar-refractivity contribution in [3.05, 3.63) is 35.4 Å². The molecule has 0 bridgehead atoms. The SMILES string of the molecule is CCCCCCCCCN(CC)COC(=O)c1ccccc1C(=O)OCN(CC)CCCCCCCCC. The lowest BCUT2D eigenvalue weighted by molar-refractivity contribution is 0.0180. The van der Waals surface area contributed by atoms with Gasteiger partial charge in [0.2, 0.25) is 0 Å². The van der Waals surface area contributed by atoms with Crippen LogP contribution in [0.15, 0.2) is 24.3 Å². The molecule has 0 aliphatic heterocycles. The van der Waals surface area contributed by atoms with Gasteiger partial charge >= 0.3 is 11.9 Å². The summed E-state index contributed by atoms with van der Waals surface area (Å²) in [5, 5.41) is 0. The zero-order chi connectivity index (χ0) is 27.8. The fourth-order valence-corrected chi connectivity index (χ4v) is 4.51. The largest absolute Gasteiger partial charge is 0.446 e.